The molecule has 1 fully saturated rings. The highest BCUT2D eigenvalue weighted by molar-refractivity contribution is 5.82. The number of fused-ring (bicyclic) bond motifs is 1. The van der Waals surface area contributed by atoms with Gasteiger partial charge < -0.3 is 14.7 Å². The van der Waals surface area contributed by atoms with Crippen molar-refractivity contribution in [3.05, 3.63) is 60.2 Å². The lowest BCUT2D eigenvalue weighted by molar-refractivity contribution is 0.209. The summed E-state index contributed by atoms with van der Waals surface area (Å²) in [6, 6.07) is 13.0. The van der Waals surface area contributed by atoms with E-state index in [1.165, 1.54) is 42.4 Å². The molecule has 0 bridgehead atoms. The molecule has 3 aromatic rings. The fourth-order valence-electron chi connectivity index (χ4n) is 3.59. The number of hydrogen-bond acceptors (Lipinski definition) is 3. The third kappa shape index (κ3) is 3.05. The van der Waals surface area contributed by atoms with Gasteiger partial charge in [-0.25, -0.2) is 0 Å². The number of benzene rings is 1. The standard InChI is InChI=1S/C19H23N3O/c1-2-11-22(10-1)18(19-7-4-12-23-19)14-20-13-15-5-3-6-17-16(15)8-9-21-17/h3-9,12,18,20-21H,1-2,10-11,13-14H2. The van der Waals surface area contributed by atoms with E-state index >= 15 is 0 Å². The van der Waals surface area contributed by atoms with E-state index in [-0.39, 0.29) is 0 Å². The first-order valence-corrected chi connectivity index (χ1v) is 8.45. The number of nitrogens with zero attached hydrogens (tertiary/aromatic N) is 1. The number of aromatic amines is 1. The molecule has 0 amide bonds. The van der Waals surface area contributed by atoms with Crippen LogP contribution >= 0.6 is 0 Å². The minimum atomic E-state index is 0.331. The number of aromatic nitrogens is 1. The first-order chi connectivity index (χ1) is 11.4. The third-order valence-corrected chi connectivity index (χ3v) is 4.79. The smallest absolute Gasteiger partial charge is 0.122 e. The molecule has 1 atom stereocenters. The lowest BCUT2D eigenvalue weighted by Gasteiger charge is -2.26. The summed E-state index contributed by atoms with van der Waals surface area (Å²) in [6.45, 7) is 4.12. The van der Waals surface area contributed by atoms with Crippen molar-refractivity contribution < 1.29 is 4.42 Å². The van der Waals surface area contributed by atoms with Crippen LogP contribution in [0.2, 0.25) is 0 Å². The molecule has 3 heterocycles. The molecule has 4 heteroatoms. The van der Waals surface area contributed by atoms with E-state index in [1.807, 2.05) is 12.3 Å². The lowest BCUT2D eigenvalue weighted by atomic mass is 10.1. The number of hydrogen-bond donors (Lipinski definition) is 2. The molecular weight excluding hydrogens is 286 g/mol. The van der Waals surface area contributed by atoms with Crippen LogP contribution in [0.5, 0.6) is 0 Å². The second-order valence-electron chi connectivity index (χ2n) is 6.26. The first kappa shape index (κ1) is 14.5. The Morgan fingerprint density at radius 1 is 1.13 bits per heavy atom. The van der Waals surface area contributed by atoms with Gasteiger partial charge in [-0.1, -0.05) is 12.1 Å². The van der Waals surface area contributed by atoms with Crippen molar-refractivity contribution in [2.75, 3.05) is 19.6 Å². The molecule has 0 aliphatic carbocycles. The monoisotopic (exact) mass is 309 g/mol. The number of rotatable bonds is 6. The molecule has 1 aliphatic heterocycles. The molecule has 0 spiro atoms. The Bertz CT molecular complexity index is 741. The van der Waals surface area contributed by atoms with Crippen molar-refractivity contribution in [2.24, 2.45) is 0 Å². The average Bonchev–Trinajstić information content (AvgIpc) is 3.34. The SMILES string of the molecule is c1coc(C(CNCc2cccc3[nH]ccc23)N2CCCC2)c1. The Kier molecular flexibility index (Phi) is 4.18. The van der Waals surface area contributed by atoms with Crippen molar-refractivity contribution in [3.63, 3.8) is 0 Å². The Hall–Kier alpha value is -2.04. The van der Waals surface area contributed by atoms with Gasteiger partial charge in [0.25, 0.3) is 0 Å². The van der Waals surface area contributed by atoms with Crippen LogP contribution in [0, 0.1) is 0 Å². The second kappa shape index (κ2) is 6.60. The molecular formula is C19H23N3O. The van der Waals surface area contributed by atoms with Gasteiger partial charge in [0.2, 0.25) is 0 Å². The lowest BCUT2D eigenvalue weighted by Crippen LogP contribution is -2.33. The van der Waals surface area contributed by atoms with Crippen LogP contribution < -0.4 is 5.32 Å². The number of furan rings is 1. The zero-order valence-corrected chi connectivity index (χ0v) is 13.3. The Morgan fingerprint density at radius 2 is 2.04 bits per heavy atom. The van der Waals surface area contributed by atoms with E-state index in [4.69, 9.17) is 4.42 Å². The number of nitrogens with one attached hydrogen (secondary N) is 2. The molecule has 120 valence electrons. The fraction of sp³-hybridized carbons (Fsp3) is 0.368. The minimum Gasteiger partial charge on any atom is -0.468 e. The maximum absolute atomic E-state index is 5.68. The summed E-state index contributed by atoms with van der Waals surface area (Å²) in [4.78, 5) is 5.81. The van der Waals surface area contributed by atoms with Gasteiger partial charge in [0.05, 0.1) is 12.3 Å². The predicted molar refractivity (Wildman–Crippen MR) is 92.3 cm³/mol. The highest BCUT2D eigenvalue weighted by Crippen LogP contribution is 2.25. The van der Waals surface area contributed by atoms with Crippen LogP contribution in [0.4, 0.5) is 0 Å². The van der Waals surface area contributed by atoms with Crippen LogP contribution in [0.15, 0.2) is 53.3 Å². The fourth-order valence-corrected chi connectivity index (χ4v) is 3.59. The van der Waals surface area contributed by atoms with E-state index in [9.17, 15) is 0 Å². The van der Waals surface area contributed by atoms with E-state index in [0.29, 0.717) is 6.04 Å². The summed E-state index contributed by atoms with van der Waals surface area (Å²) in [5, 5.41) is 4.93. The van der Waals surface area contributed by atoms with Crippen molar-refractivity contribution in [1.29, 1.82) is 0 Å². The molecule has 2 aromatic heterocycles. The van der Waals surface area contributed by atoms with E-state index in [2.05, 4.69) is 45.5 Å². The van der Waals surface area contributed by atoms with Gasteiger partial charge in [0, 0.05) is 30.2 Å². The second-order valence-corrected chi connectivity index (χ2v) is 6.26. The molecule has 4 nitrogen and oxygen atoms in total. The molecule has 1 unspecified atom stereocenters. The van der Waals surface area contributed by atoms with Gasteiger partial charge in [-0.3, -0.25) is 4.90 Å². The molecule has 4 rings (SSSR count). The molecule has 0 radical (unpaired) electrons. The summed E-state index contributed by atoms with van der Waals surface area (Å²) in [7, 11) is 0. The minimum absolute atomic E-state index is 0.331. The summed E-state index contributed by atoms with van der Waals surface area (Å²) in [5.74, 6) is 1.07. The van der Waals surface area contributed by atoms with Crippen LogP contribution in [-0.4, -0.2) is 29.5 Å². The van der Waals surface area contributed by atoms with E-state index in [0.717, 1.165) is 18.8 Å². The number of likely N-dealkylation sites (tertiary alicyclic amines) is 1. The van der Waals surface area contributed by atoms with Gasteiger partial charge >= 0.3 is 0 Å². The molecule has 23 heavy (non-hydrogen) atoms. The van der Waals surface area contributed by atoms with Crippen molar-refractivity contribution in [3.8, 4) is 0 Å². The molecule has 2 N–H and O–H groups in total. The van der Waals surface area contributed by atoms with Crippen LogP contribution in [0.25, 0.3) is 10.9 Å². The van der Waals surface area contributed by atoms with Crippen LogP contribution in [0.3, 0.4) is 0 Å². The summed E-state index contributed by atoms with van der Waals surface area (Å²) in [5.41, 5.74) is 2.54. The van der Waals surface area contributed by atoms with Gasteiger partial charge in [-0.15, -0.1) is 0 Å². The van der Waals surface area contributed by atoms with Crippen molar-refractivity contribution in [1.82, 2.24) is 15.2 Å². The van der Waals surface area contributed by atoms with Crippen LogP contribution in [0.1, 0.15) is 30.2 Å². The summed E-state index contributed by atoms with van der Waals surface area (Å²) >= 11 is 0. The van der Waals surface area contributed by atoms with Crippen molar-refractivity contribution >= 4 is 10.9 Å². The molecule has 1 aromatic carbocycles. The largest absolute Gasteiger partial charge is 0.468 e. The van der Waals surface area contributed by atoms with Gasteiger partial charge in [-0.2, -0.15) is 0 Å². The third-order valence-electron chi connectivity index (χ3n) is 4.79. The zero-order valence-electron chi connectivity index (χ0n) is 13.3. The average molecular weight is 309 g/mol. The Balaban J connectivity index is 1.44. The first-order valence-electron chi connectivity index (χ1n) is 8.45. The predicted octanol–water partition coefficient (Wildman–Crippen LogP) is 3.69. The van der Waals surface area contributed by atoms with E-state index in [1.54, 1.807) is 6.26 Å². The quantitative estimate of drug-likeness (QED) is 0.730. The van der Waals surface area contributed by atoms with Crippen LogP contribution in [-0.2, 0) is 6.54 Å². The normalized spacial score (nSPS) is 17.0. The maximum atomic E-state index is 5.68. The van der Waals surface area contributed by atoms with E-state index < -0.39 is 0 Å². The number of H-pyrrole nitrogens is 1. The van der Waals surface area contributed by atoms with Gasteiger partial charge in [0.15, 0.2) is 0 Å². The highest BCUT2D eigenvalue weighted by atomic mass is 16.3. The highest BCUT2D eigenvalue weighted by Gasteiger charge is 2.25. The maximum Gasteiger partial charge on any atom is 0.122 e. The van der Waals surface area contributed by atoms with Crippen molar-refractivity contribution in [2.45, 2.75) is 25.4 Å². The topological polar surface area (TPSA) is 44.2 Å². The molecule has 0 saturated carbocycles. The molecule has 1 aliphatic rings. The van der Waals surface area contributed by atoms with Gasteiger partial charge in [-0.05, 0) is 55.8 Å². The Labute approximate surface area is 136 Å². The zero-order chi connectivity index (χ0) is 15.5. The molecule has 1 saturated heterocycles. The van der Waals surface area contributed by atoms with Gasteiger partial charge in [0.1, 0.15) is 5.76 Å². The summed E-state index contributed by atoms with van der Waals surface area (Å²) < 4.78 is 5.68. The summed E-state index contributed by atoms with van der Waals surface area (Å²) in [6.07, 6.45) is 6.36. The Morgan fingerprint density at radius 3 is 2.87 bits per heavy atom.